The molecule has 1 aromatic carbocycles. The molecule has 0 spiro atoms. The number of nitro groups is 1. The van der Waals surface area contributed by atoms with Crippen LogP contribution in [0.25, 0.3) is 0 Å². The first-order chi connectivity index (χ1) is 15.3. The van der Waals surface area contributed by atoms with Crippen LogP contribution >= 0.6 is 27.3 Å². The van der Waals surface area contributed by atoms with E-state index in [4.69, 9.17) is 10.5 Å². The van der Waals surface area contributed by atoms with Gasteiger partial charge in [0.25, 0.3) is 5.69 Å². The standard InChI is InChI=1S/C22H20BrN3O5S/c1-2-31-22(28)20-19(16-9-10-17(23)32-16)18-14(7-4-8-15(18)27)25(21(20)24)12-5-3-6-13(11-12)26(29)30/h3,5-6,9-11,19H,2,4,7-8,24H2,1H3/t19-/m1/s1. The highest BCUT2D eigenvalue weighted by molar-refractivity contribution is 9.11. The third-order valence-electron chi connectivity index (χ3n) is 5.47. The maximum Gasteiger partial charge on any atom is 0.338 e. The van der Waals surface area contributed by atoms with Gasteiger partial charge < -0.3 is 10.5 Å². The number of non-ortho nitro benzene ring substituents is 1. The number of carbonyl (C=O) groups excluding carboxylic acids is 2. The molecule has 8 nitrogen and oxygen atoms in total. The second-order valence-corrected chi connectivity index (χ2v) is 9.84. The van der Waals surface area contributed by atoms with Gasteiger partial charge in [-0.3, -0.25) is 19.8 Å². The lowest BCUT2D eigenvalue weighted by atomic mass is 9.77. The summed E-state index contributed by atoms with van der Waals surface area (Å²) in [5.41, 5.74) is 8.23. The second kappa shape index (κ2) is 8.87. The molecular formula is C22H20BrN3O5S. The normalized spacial score (nSPS) is 18.6. The molecule has 4 rings (SSSR count). The molecule has 2 aliphatic rings. The number of rotatable bonds is 5. The maximum atomic E-state index is 13.2. The summed E-state index contributed by atoms with van der Waals surface area (Å²) < 4.78 is 6.18. The highest BCUT2D eigenvalue weighted by Gasteiger charge is 2.43. The highest BCUT2D eigenvalue weighted by atomic mass is 79.9. The average Bonchev–Trinajstić information content (AvgIpc) is 3.19. The van der Waals surface area contributed by atoms with Crippen LogP contribution in [0.1, 0.15) is 37.0 Å². The number of ether oxygens (including phenoxy) is 1. The maximum absolute atomic E-state index is 13.2. The molecule has 1 aliphatic carbocycles. The van der Waals surface area contributed by atoms with Crippen molar-refractivity contribution in [2.24, 2.45) is 5.73 Å². The SMILES string of the molecule is CCOC(=O)C1=C(N)N(c2cccc([N+](=O)[O-])c2)C2=C(C(=O)CCC2)[C@H]1c1ccc(Br)s1. The molecule has 1 atom stereocenters. The Kier molecular flexibility index (Phi) is 6.16. The smallest absolute Gasteiger partial charge is 0.338 e. The van der Waals surface area contributed by atoms with Crippen molar-refractivity contribution < 1.29 is 19.2 Å². The van der Waals surface area contributed by atoms with E-state index in [0.29, 0.717) is 36.2 Å². The predicted octanol–water partition coefficient (Wildman–Crippen LogP) is 4.76. The third-order valence-corrected chi connectivity index (χ3v) is 7.15. The zero-order valence-electron chi connectivity index (χ0n) is 17.2. The van der Waals surface area contributed by atoms with E-state index in [2.05, 4.69) is 15.9 Å². The van der Waals surface area contributed by atoms with Crippen LogP contribution in [0.4, 0.5) is 11.4 Å². The summed E-state index contributed by atoms with van der Waals surface area (Å²) in [5, 5.41) is 11.3. The Morgan fingerprint density at radius 3 is 2.78 bits per heavy atom. The summed E-state index contributed by atoms with van der Waals surface area (Å²) in [6.07, 6.45) is 1.55. The average molecular weight is 518 g/mol. The van der Waals surface area contributed by atoms with E-state index >= 15 is 0 Å². The van der Waals surface area contributed by atoms with Gasteiger partial charge in [-0.15, -0.1) is 11.3 Å². The van der Waals surface area contributed by atoms with Gasteiger partial charge in [-0.1, -0.05) is 6.07 Å². The van der Waals surface area contributed by atoms with E-state index in [0.717, 1.165) is 8.66 Å². The van der Waals surface area contributed by atoms with Crippen LogP contribution in [-0.4, -0.2) is 23.3 Å². The largest absolute Gasteiger partial charge is 0.463 e. The fourth-order valence-corrected chi connectivity index (χ4v) is 5.75. The van der Waals surface area contributed by atoms with E-state index < -0.39 is 16.8 Å². The summed E-state index contributed by atoms with van der Waals surface area (Å²) in [4.78, 5) is 39.5. The highest BCUT2D eigenvalue weighted by Crippen LogP contribution is 2.48. The van der Waals surface area contributed by atoms with Crippen LogP contribution in [0.3, 0.4) is 0 Å². The Bertz CT molecular complexity index is 1190. The molecule has 0 radical (unpaired) electrons. The number of nitro benzene ring substituents is 1. The van der Waals surface area contributed by atoms with E-state index in [1.165, 1.54) is 23.5 Å². The van der Waals surface area contributed by atoms with Crippen LogP contribution in [0, 0.1) is 10.1 Å². The molecule has 166 valence electrons. The minimum absolute atomic E-state index is 0.0644. The first-order valence-electron chi connectivity index (χ1n) is 10.1. The second-order valence-electron chi connectivity index (χ2n) is 7.34. The molecule has 2 N–H and O–H groups in total. The topological polar surface area (TPSA) is 116 Å². The van der Waals surface area contributed by atoms with Gasteiger partial charge in [0.1, 0.15) is 5.82 Å². The summed E-state index contributed by atoms with van der Waals surface area (Å²) in [5.74, 6) is -1.21. The molecule has 0 saturated heterocycles. The Balaban J connectivity index is 1.99. The van der Waals surface area contributed by atoms with Gasteiger partial charge in [-0.2, -0.15) is 0 Å². The lowest BCUT2D eigenvalue weighted by Crippen LogP contribution is -2.40. The Hall–Kier alpha value is -2.98. The Labute approximate surface area is 196 Å². The molecule has 0 saturated carbocycles. The van der Waals surface area contributed by atoms with E-state index in [9.17, 15) is 19.7 Å². The number of esters is 1. The van der Waals surface area contributed by atoms with Crippen molar-refractivity contribution in [3.8, 4) is 0 Å². The monoisotopic (exact) mass is 517 g/mol. The number of hydrogen-bond donors (Lipinski definition) is 1. The summed E-state index contributed by atoms with van der Waals surface area (Å²) >= 11 is 4.88. The quantitative estimate of drug-likeness (QED) is 0.345. The van der Waals surface area contributed by atoms with Crippen molar-refractivity contribution >= 4 is 50.4 Å². The molecule has 1 aliphatic heterocycles. The van der Waals surface area contributed by atoms with Crippen LogP contribution < -0.4 is 10.6 Å². The zero-order valence-corrected chi connectivity index (χ0v) is 19.6. The van der Waals surface area contributed by atoms with E-state index in [1.54, 1.807) is 24.0 Å². The van der Waals surface area contributed by atoms with E-state index in [1.807, 2.05) is 12.1 Å². The van der Waals surface area contributed by atoms with Gasteiger partial charge in [0.2, 0.25) is 0 Å². The Morgan fingerprint density at radius 1 is 1.34 bits per heavy atom. The van der Waals surface area contributed by atoms with Crippen LogP contribution in [-0.2, 0) is 14.3 Å². The lowest BCUT2D eigenvalue weighted by Gasteiger charge is -2.40. The number of thiophene rings is 1. The number of carbonyl (C=O) groups is 2. The molecular weight excluding hydrogens is 498 g/mol. The number of ketones is 1. The molecule has 10 heteroatoms. The van der Waals surface area contributed by atoms with E-state index in [-0.39, 0.29) is 29.5 Å². The minimum Gasteiger partial charge on any atom is -0.463 e. The predicted molar refractivity (Wildman–Crippen MR) is 124 cm³/mol. The van der Waals surface area contributed by atoms with Gasteiger partial charge in [0, 0.05) is 34.7 Å². The van der Waals surface area contributed by atoms with Gasteiger partial charge in [0.05, 0.1) is 32.5 Å². The summed E-state index contributed by atoms with van der Waals surface area (Å²) in [6, 6.07) is 9.72. The lowest BCUT2D eigenvalue weighted by molar-refractivity contribution is -0.384. The molecule has 32 heavy (non-hydrogen) atoms. The molecule has 0 fully saturated rings. The van der Waals surface area contributed by atoms with Crippen LogP contribution in [0.15, 0.2) is 62.8 Å². The number of benzene rings is 1. The van der Waals surface area contributed by atoms with Crippen molar-refractivity contribution in [1.82, 2.24) is 0 Å². The van der Waals surface area contributed by atoms with Crippen LogP contribution in [0.5, 0.6) is 0 Å². The number of anilines is 1. The van der Waals surface area contributed by atoms with Gasteiger partial charge in [-0.25, -0.2) is 4.79 Å². The van der Waals surface area contributed by atoms with Crippen molar-refractivity contribution in [2.75, 3.05) is 11.5 Å². The van der Waals surface area contributed by atoms with Crippen molar-refractivity contribution in [3.63, 3.8) is 0 Å². The summed E-state index contributed by atoms with van der Waals surface area (Å²) in [6.45, 7) is 1.84. The van der Waals surface area contributed by atoms with Crippen LogP contribution in [0.2, 0.25) is 0 Å². The molecule has 0 amide bonds. The van der Waals surface area contributed by atoms with Gasteiger partial charge >= 0.3 is 5.97 Å². The van der Waals surface area contributed by atoms with Crippen molar-refractivity contribution in [1.29, 1.82) is 0 Å². The number of nitrogens with zero attached hydrogens (tertiary/aromatic N) is 2. The van der Waals surface area contributed by atoms with Crippen molar-refractivity contribution in [2.45, 2.75) is 32.1 Å². The fourth-order valence-electron chi connectivity index (χ4n) is 4.20. The van der Waals surface area contributed by atoms with Crippen molar-refractivity contribution in [3.05, 3.63) is 77.8 Å². The van der Waals surface area contributed by atoms with Gasteiger partial charge in [-0.05, 0) is 53.9 Å². The molecule has 2 aromatic rings. The first kappa shape index (κ1) is 22.2. The Morgan fingerprint density at radius 2 is 2.12 bits per heavy atom. The number of nitrogens with two attached hydrogens (primary N) is 1. The first-order valence-corrected chi connectivity index (χ1v) is 11.7. The number of allylic oxidation sites excluding steroid dienone is 2. The fraction of sp³-hybridized carbons (Fsp3) is 0.273. The molecule has 0 unspecified atom stereocenters. The number of halogens is 1. The number of hydrogen-bond acceptors (Lipinski definition) is 8. The zero-order chi connectivity index (χ0) is 23.0. The molecule has 1 aromatic heterocycles. The molecule has 2 heterocycles. The summed E-state index contributed by atoms with van der Waals surface area (Å²) in [7, 11) is 0. The number of Topliss-reactive ketones (excluding diaryl/α,β-unsaturated/α-hetero) is 1. The third kappa shape index (κ3) is 3.84. The minimum atomic E-state index is -0.650. The van der Waals surface area contributed by atoms with Gasteiger partial charge in [0.15, 0.2) is 5.78 Å². The molecule has 0 bridgehead atoms.